The number of aliphatic hydroxyl groups excluding tert-OH is 5. The van der Waals surface area contributed by atoms with Crippen LogP contribution in [0.25, 0.3) is 0 Å². The molecule has 0 bridgehead atoms. The molecule has 0 aliphatic carbocycles. The minimum Gasteiger partial charge on any atom is -0.454 e. The molecule has 0 spiro atoms. The highest BCUT2D eigenvalue weighted by Crippen LogP contribution is 2.26. The van der Waals surface area contributed by atoms with Crippen LogP contribution in [0, 0.1) is 0 Å². The molecule has 1 rings (SSSR count). The molecule has 1 aliphatic heterocycles. The summed E-state index contributed by atoms with van der Waals surface area (Å²) in [6.07, 6.45) is 47.3. The van der Waals surface area contributed by atoms with Crippen molar-refractivity contribution in [3.8, 4) is 0 Å². The fourth-order valence-electron chi connectivity index (χ4n) is 9.12. The predicted octanol–water partition coefficient (Wildman–Crippen LogP) is 13.3. The highest BCUT2D eigenvalue weighted by atomic mass is 16.7. The molecular formula is C60H109NO10. The van der Waals surface area contributed by atoms with Crippen molar-refractivity contribution in [1.82, 2.24) is 5.32 Å². The van der Waals surface area contributed by atoms with Gasteiger partial charge in [0.15, 0.2) is 12.4 Å². The van der Waals surface area contributed by atoms with E-state index in [0.29, 0.717) is 19.3 Å². The summed E-state index contributed by atoms with van der Waals surface area (Å²) in [7, 11) is 0. The lowest BCUT2D eigenvalue weighted by Crippen LogP contribution is -2.61. The van der Waals surface area contributed by atoms with Crippen LogP contribution >= 0.6 is 0 Å². The summed E-state index contributed by atoms with van der Waals surface area (Å²) in [6, 6.07) is -1.02. The Morgan fingerprint density at radius 2 is 1.01 bits per heavy atom. The molecule has 8 unspecified atom stereocenters. The molecule has 0 radical (unpaired) electrons. The maximum Gasteiger partial charge on any atom is 0.306 e. The second-order valence-corrected chi connectivity index (χ2v) is 20.4. The van der Waals surface area contributed by atoms with E-state index in [1.54, 1.807) is 6.08 Å². The zero-order valence-electron chi connectivity index (χ0n) is 45.6. The minimum atomic E-state index is -1.62. The van der Waals surface area contributed by atoms with Crippen molar-refractivity contribution in [2.24, 2.45) is 0 Å². The highest BCUT2D eigenvalue weighted by molar-refractivity contribution is 5.80. The molecule has 414 valence electrons. The maximum atomic E-state index is 13.4. The van der Waals surface area contributed by atoms with Crippen molar-refractivity contribution in [2.45, 2.75) is 307 Å². The Hall–Kier alpha value is -2.38. The van der Waals surface area contributed by atoms with Crippen molar-refractivity contribution >= 4 is 11.9 Å². The first-order valence-corrected chi connectivity index (χ1v) is 29.4. The van der Waals surface area contributed by atoms with Crippen LogP contribution in [-0.2, 0) is 23.8 Å². The molecular weight excluding hydrogens is 895 g/mol. The van der Waals surface area contributed by atoms with Crippen LogP contribution < -0.4 is 5.32 Å². The van der Waals surface area contributed by atoms with Gasteiger partial charge in [0.05, 0.1) is 25.4 Å². The summed E-state index contributed by atoms with van der Waals surface area (Å²) in [5.41, 5.74) is 0. The standard InChI is InChI=1S/C60H109NO10/c1-4-7-10-13-16-19-22-24-25-26-27-28-30-32-35-38-41-44-47-53(64)59(68)61-51(52(63)46-43-40-37-34-31-21-18-15-12-9-6-3)50-69-60-58(57(67)56(66)54(49-62)70-60)71-55(65)48-45-42-39-36-33-29-23-20-17-14-11-8-5-2/h8,11,14,17,20,23,43,46,51-54,56-58,60,62-64,66-67H,4-7,9-10,12-13,15-16,18-19,21-22,24-42,44-45,47-50H2,1-3H3,(H,61,68)/b11-8+,17-14+,23-20-,46-43+. The zero-order chi connectivity index (χ0) is 51.8. The predicted molar refractivity (Wildman–Crippen MR) is 292 cm³/mol. The topological polar surface area (TPSA) is 175 Å². The van der Waals surface area contributed by atoms with Gasteiger partial charge in [0, 0.05) is 6.42 Å². The molecule has 8 atom stereocenters. The number of hydrogen-bond acceptors (Lipinski definition) is 10. The van der Waals surface area contributed by atoms with Crippen LogP contribution in [0.15, 0.2) is 48.6 Å². The fraction of sp³-hybridized carbons (Fsp3) is 0.833. The Morgan fingerprint density at radius 1 is 0.563 bits per heavy atom. The number of nitrogens with one attached hydrogen (secondary N) is 1. The third-order valence-corrected chi connectivity index (χ3v) is 13.8. The van der Waals surface area contributed by atoms with Gasteiger partial charge in [-0.1, -0.05) is 256 Å². The van der Waals surface area contributed by atoms with Gasteiger partial charge in [0.25, 0.3) is 0 Å². The van der Waals surface area contributed by atoms with Gasteiger partial charge in [-0.2, -0.15) is 0 Å². The normalized spacial score (nSPS) is 19.9. The van der Waals surface area contributed by atoms with E-state index >= 15 is 0 Å². The molecule has 0 aromatic heterocycles. The van der Waals surface area contributed by atoms with E-state index in [9.17, 15) is 35.1 Å². The Kier molecular flexibility index (Phi) is 45.6. The molecule has 1 fully saturated rings. The van der Waals surface area contributed by atoms with E-state index < -0.39 is 67.4 Å². The molecule has 0 aromatic rings. The summed E-state index contributed by atoms with van der Waals surface area (Å²) in [6.45, 7) is 5.64. The third kappa shape index (κ3) is 37.1. The number of carbonyl (C=O) groups excluding carboxylic acids is 2. The second kappa shape index (κ2) is 48.6. The lowest BCUT2D eigenvalue weighted by molar-refractivity contribution is -0.305. The number of esters is 1. The smallest absolute Gasteiger partial charge is 0.306 e. The van der Waals surface area contributed by atoms with Gasteiger partial charge in [-0.05, 0) is 44.9 Å². The molecule has 1 saturated heterocycles. The fourth-order valence-corrected chi connectivity index (χ4v) is 9.12. The first-order chi connectivity index (χ1) is 34.7. The summed E-state index contributed by atoms with van der Waals surface area (Å²) in [5.74, 6) is -1.21. The summed E-state index contributed by atoms with van der Waals surface area (Å²) >= 11 is 0. The van der Waals surface area contributed by atoms with E-state index in [1.807, 2.05) is 24.3 Å². The maximum absolute atomic E-state index is 13.4. The second-order valence-electron chi connectivity index (χ2n) is 20.4. The molecule has 0 aromatic carbocycles. The van der Waals surface area contributed by atoms with Gasteiger partial charge in [0.2, 0.25) is 5.91 Å². The summed E-state index contributed by atoms with van der Waals surface area (Å²) in [5, 5.41) is 56.8. The molecule has 1 aliphatic rings. The minimum absolute atomic E-state index is 0.101. The lowest BCUT2D eigenvalue weighted by Gasteiger charge is -2.41. The number of aliphatic hydroxyl groups is 5. The number of ether oxygens (including phenoxy) is 3. The average Bonchev–Trinajstić information content (AvgIpc) is 3.37. The van der Waals surface area contributed by atoms with Crippen molar-refractivity contribution in [2.75, 3.05) is 13.2 Å². The van der Waals surface area contributed by atoms with Gasteiger partial charge >= 0.3 is 5.97 Å². The van der Waals surface area contributed by atoms with Gasteiger partial charge in [-0.15, -0.1) is 0 Å². The third-order valence-electron chi connectivity index (χ3n) is 13.8. The number of amides is 1. The highest BCUT2D eigenvalue weighted by Gasteiger charge is 2.47. The van der Waals surface area contributed by atoms with E-state index in [4.69, 9.17) is 14.2 Å². The molecule has 71 heavy (non-hydrogen) atoms. The Balaban J connectivity index is 2.69. The van der Waals surface area contributed by atoms with Gasteiger partial charge in [0.1, 0.15) is 24.4 Å². The zero-order valence-corrected chi connectivity index (χ0v) is 45.6. The molecule has 11 nitrogen and oxygen atoms in total. The SMILES string of the molecule is CC/C=C/C=C/C=C\CCCCCCCC(=O)OC1C(OCC(NC(=O)C(O)CCCCCCCCCCCCCCCCCCCC)C(O)/C=C/CCCCCCCCCCC)OC(CO)C(O)C1O. The Labute approximate surface area is 434 Å². The van der Waals surface area contributed by atoms with Crippen LogP contribution in [0.2, 0.25) is 0 Å². The molecule has 0 saturated carbocycles. The van der Waals surface area contributed by atoms with Gasteiger partial charge in [-0.3, -0.25) is 9.59 Å². The van der Waals surface area contributed by atoms with E-state index in [1.165, 1.54) is 135 Å². The van der Waals surface area contributed by atoms with Crippen LogP contribution in [-0.4, -0.2) is 99.6 Å². The van der Waals surface area contributed by atoms with E-state index in [2.05, 4.69) is 44.3 Å². The van der Waals surface area contributed by atoms with Crippen LogP contribution in [0.3, 0.4) is 0 Å². The van der Waals surface area contributed by atoms with Crippen LogP contribution in [0.1, 0.15) is 258 Å². The van der Waals surface area contributed by atoms with Gasteiger partial charge < -0.3 is 45.1 Å². The van der Waals surface area contributed by atoms with Crippen molar-refractivity contribution in [1.29, 1.82) is 0 Å². The van der Waals surface area contributed by atoms with Crippen molar-refractivity contribution in [3.63, 3.8) is 0 Å². The number of allylic oxidation sites excluding steroid dienone is 7. The van der Waals surface area contributed by atoms with E-state index in [-0.39, 0.29) is 13.0 Å². The number of carbonyl (C=O) groups is 2. The quantitative estimate of drug-likeness (QED) is 0.0149. The summed E-state index contributed by atoms with van der Waals surface area (Å²) in [4.78, 5) is 26.4. The molecule has 1 amide bonds. The average molecular weight is 1000 g/mol. The lowest BCUT2D eigenvalue weighted by atomic mass is 9.99. The first kappa shape index (κ1) is 66.6. The van der Waals surface area contributed by atoms with Crippen LogP contribution in [0.5, 0.6) is 0 Å². The largest absolute Gasteiger partial charge is 0.454 e. The number of hydrogen-bond donors (Lipinski definition) is 6. The number of rotatable bonds is 49. The van der Waals surface area contributed by atoms with Crippen molar-refractivity contribution in [3.05, 3.63) is 48.6 Å². The summed E-state index contributed by atoms with van der Waals surface area (Å²) < 4.78 is 17.5. The van der Waals surface area contributed by atoms with E-state index in [0.717, 1.165) is 77.0 Å². The molecule has 11 heteroatoms. The Bertz CT molecular complexity index is 1340. The number of unbranched alkanes of at least 4 members (excludes halogenated alkanes) is 31. The monoisotopic (exact) mass is 1000 g/mol. The Morgan fingerprint density at radius 3 is 1.51 bits per heavy atom. The molecule has 1 heterocycles. The van der Waals surface area contributed by atoms with Crippen molar-refractivity contribution < 1.29 is 49.3 Å². The van der Waals surface area contributed by atoms with Crippen LogP contribution in [0.4, 0.5) is 0 Å². The molecule has 6 N–H and O–H groups in total. The first-order valence-electron chi connectivity index (χ1n) is 29.4. The van der Waals surface area contributed by atoms with Gasteiger partial charge in [-0.25, -0.2) is 0 Å².